The van der Waals surface area contributed by atoms with Gasteiger partial charge in [0.05, 0.1) is 22.1 Å². The van der Waals surface area contributed by atoms with Crippen LogP contribution in [0, 0.1) is 18.8 Å². The molecule has 32 heavy (non-hydrogen) atoms. The minimum atomic E-state index is -0.255. The first-order valence-electron chi connectivity index (χ1n) is 10.8. The van der Waals surface area contributed by atoms with Crippen molar-refractivity contribution in [3.63, 3.8) is 0 Å². The number of hydrogen-bond acceptors (Lipinski definition) is 5. The smallest absolute Gasteiger partial charge is 0.233 e. The van der Waals surface area contributed by atoms with Crippen LogP contribution in [-0.4, -0.2) is 34.2 Å². The Hall–Kier alpha value is -3.32. The van der Waals surface area contributed by atoms with Gasteiger partial charge in [-0.25, -0.2) is 4.98 Å². The van der Waals surface area contributed by atoms with E-state index in [9.17, 15) is 14.4 Å². The highest BCUT2D eigenvalue weighted by Crippen LogP contribution is 2.35. The van der Waals surface area contributed by atoms with Crippen molar-refractivity contribution < 1.29 is 14.4 Å². The van der Waals surface area contributed by atoms with Gasteiger partial charge in [-0.05, 0) is 61.7 Å². The van der Waals surface area contributed by atoms with Gasteiger partial charge < -0.3 is 5.32 Å². The molecule has 0 radical (unpaired) electrons. The van der Waals surface area contributed by atoms with Crippen molar-refractivity contribution in [2.45, 2.75) is 26.2 Å². The maximum absolute atomic E-state index is 12.5. The molecule has 162 valence electrons. The van der Waals surface area contributed by atoms with E-state index in [1.165, 1.54) is 10.5 Å². The van der Waals surface area contributed by atoms with Gasteiger partial charge in [-0.15, -0.1) is 11.3 Å². The summed E-state index contributed by atoms with van der Waals surface area (Å²) < 4.78 is 1.15. The van der Waals surface area contributed by atoms with Gasteiger partial charge >= 0.3 is 0 Å². The Morgan fingerprint density at radius 2 is 1.75 bits per heavy atom. The average Bonchev–Trinajstić information content (AvgIpc) is 3.32. The van der Waals surface area contributed by atoms with Crippen molar-refractivity contribution in [2.75, 3.05) is 11.9 Å². The molecule has 3 aromatic rings. The summed E-state index contributed by atoms with van der Waals surface area (Å²) in [6.45, 7) is 2.19. The van der Waals surface area contributed by atoms with Crippen LogP contribution in [0.5, 0.6) is 0 Å². The van der Waals surface area contributed by atoms with Gasteiger partial charge in [-0.1, -0.05) is 18.2 Å². The molecule has 1 aromatic heterocycles. The summed E-state index contributed by atoms with van der Waals surface area (Å²) in [5, 5.41) is 3.79. The molecule has 5 rings (SSSR count). The number of likely N-dealkylation sites (tertiary alicyclic amines) is 1. The van der Waals surface area contributed by atoms with E-state index >= 15 is 0 Å². The molecule has 1 fully saturated rings. The summed E-state index contributed by atoms with van der Waals surface area (Å²) in [6, 6.07) is 13.8. The summed E-state index contributed by atoms with van der Waals surface area (Å²) in [6.07, 6.45) is 5.23. The number of allylic oxidation sites excluding steroid dienone is 2. The SMILES string of the molecule is Cc1ccc2nc(-c3ccc(NC(=O)CCN4C(=O)[C@H]5CC=CC[C@@H]5C4=O)cc3)sc2c1. The number of amides is 3. The molecule has 6 nitrogen and oxygen atoms in total. The van der Waals surface area contributed by atoms with Crippen molar-refractivity contribution in [1.82, 2.24) is 9.88 Å². The zero-order valence-electron chi connectivity index (χ0n) is 17.7. The van der Waals surface area contributed by atoms with Gasteiger partial charge in [0, 0.05) is 24.2 Å². The second-order valence-corrected chi connectivity index (χ2v) is 9.38. The Morgan fingerprint density at radius 3 is 2.44 bits per heavy atom. The molecule has 2 aromatic carbocycles. The van der Waals surface area contributed by atoms with Crippen LogP contribution in [0.4, 0.5) is 5.69 Å². The molecule has 1 saturated heterocycles. The molecule has 1 N–H and O–H groups in total. The lowest BCUT2D eigenvalue weighted by Gasteiger charge is -2.14. The Bertz CT molecular complexity index is 1220. The molecule has 1 aliphatic heterocycles. The van der Waals surface area contributed by atoms with Crippen LogP contribution < -0.4 is 5.32 Å². The molecule has 0 unspecified atom stereocenters. The number of nitrogens with one attached hydrogen (secondary N) is 1. The number of rotatable bonds is 5. The highest BCUT2D eigenvalue weighted by molar-refractivity contribution is 7.21. The van der Waals surface area contributed by atoms with Crippen molar-refractivity contribution >= 4 is 45.0 Å². The molecular formula is C25H23N3O3S. The summed E-state index contributed by atoms with van der Waals surface area (Å²) in [4.78, 5) is 43.4. The molecule has 2 atom stereocenters. The summed E-state index contributed by atoms with van der Waals surface area (Å²) in [5.74, 6) is -1.02. The van der Waals surface area contributed by atoms with Gasteiger partial charge in [-0.3, -0.25) is 19.3 Å². The lowest BCUT2D eigenvalue weighted by Crippen LogP contribution is -2.34. The molecule has 0 bridgehead atoms. The first kappa shape index (κ1) is 20.6. The normalized spacial score (nSPS) is 20.1. The fourth-order valence-corrected chi connectivity index (χ4v) is 5.45. The van der Waals surface area contributed by atoms with Crippen LogP contribution >= 0.6 is 11.3 Å². The second-order valence-electron chi connectivity index (χ2n) is 8.35. The molecule has 0 spiro atoms. The van der Waals surface area contributed by atoms with E-state index in [0.29, 0.717) is 18.5 Å². The molecular weight excluding hydrogens is 422 g/mol. The number of anilines is 1. The molecule has 0 saturated carbocycles. The minimum absolute atomic E-state index is 0.0866. The lowest BCUT2D eigenvalue weighted by atomic mass is 9.85. The number of thiazole rings is 1. The topological polar surface area (TPSA) is 79.4 Å². The molecule has 2 aliphatic rings. The fourth-order valence-electron chi connectivity index (χ4n) is 4.38. The molecule has 7 heteroatoms. The molecule has 2 heterocycles. The third-order valence-corrected chi connectivity index (χ3v) is 7.19. The van der Waals surface area contributed by atoms with Crippen LogP contribution in [0.1, 0.15) is 24.8 Å². The van der Waals surface area contributed by atoms with Crippen LogP contribution in [-0.2, 0) is 14.4 Å². The number of carbonyl (C=O) groups is 3. The van der Waals surface area contributed by atoms with Crippen molar-refractivity contribution in [1.29, 1.82) is 0 Å². The van der Waals surface area contributed by atoms with Crippen LogP contribution in [0.2, 0.25) is 0 Å². The van der Waals surface area contributed by atoms with E-state index in [4.69, 9.17) is 4.98 Å². The number of fused-ring (bicyclic) bond motifs is 2. The highest BCUT2D eigenvalue weighted by atomic mass is 32.1. The van der Waals surface area contributed by atoms with E-state index < -0.39 is 0 Å². The Balaban J connectivity index is 1.20. The second kappa shape index (κ2) is 8.31. The van der Waals surface area contributed by atoms with Crippen LogP contribution in [0.25, 0.3) is 20.8 Å². The first-order valence-corrected chi connectivity index (χ1v) is 11.6. The van der Waals surface area contributed by atoms with E-state index in [-0.39, 0.29) is 42.5 Å². The largest absolute Gasteiger partial charge is 0.326 e. The maximum atomic E-state index is 12.5. The summed E-state index contributed by atoms with van der Waals surface area (Å²) in [5.41, 5.74) is 3.85. The minimum Gasteiger partial charge on any atom is -0.326 e. The number of imide groups is 1. The van der Waals surface area contributed by atoms with Crippen molar-refractivity contribution in [2.24, 2.45) is 11.8 Å². The van der Waals surface area contributed by atoms with Crippen LogP contribution in [0.3, 0.4) is 0 Å². The van der Waals surface area contributed by atoms with Gasteiger partial charge in [0.25, 0.3) is 0 Å². The highest BCUT2D eigenvalue weighted by Gasteiger charge is 2.46. The Morgan fingerprint density at radius 1 is 1.06 bits per heavy atom. The number of carbonyl (C=O) groups excluding carboxylic acids is 3. The quantitative estimate of drug-likeness (QED) is 0.462. The summed E-state index contributed by atoms with van der Waals surface area (Å²) in [7, 11) is 0. The predicted octanol–water partition coefficient (Wildman–Crippen LogP) is 4.55. The van der Waals surface area contributed by atoms with Crippen molar-refractivity contribution in [3.8, 4) is 10.6 Å². The Labute approximate surface area is 190 Å². The van der Waals surface area contributed by atoms with Crippen LogP contribution in [0.15, 0.2) is 54.6 Å². The molecule has 3 amide bonds. The number of hydrogen-bond donors (Lipinski definition) is 1. The summed E-state index contributed by atoms with van der Waals surface area (Å²) >= 11 is 1.64. The average molecular weight is 446 g/mol. The maximum Gasteiger partial charge on any atom is 0.233 e. The van der Waals surface area contributed by atoms with Gasteiger partial charge in [0.2, 0.25) is 17.7 Å². The Kier molecular flexibility index (Phi) is 5.35. The standard InChI is InChI=1S/C25H23N3O3S/c1-15-6-11-20-21(14-15)32-23(27-20)16-7-9-17(10-8-16)26-22(29)12-13-28-24(30)18-4-2-3-5-19(18)25(28)31/h2-3,6-11,14,18-19H,4-5,12-13H2,1H3,(H,26,29)/t18-,19-/m0/s1. The predicted molar refractivity (Wildman–Crippen MR) is 125 cm³/mol. The zero-order chi connectivity index (χ0) is 22.2. The van der Waals surface area contributed by atoms with Gasteiger partial charge in [-0.2, -0.15) is 0 Å². The number of aryl methyl sites for hydroxylation is 1. The number of aromatic nitrogens is 1. The number of benzene rings is 2. The third-order valence-electron chi connectivity index (χ3n) is 6.12. The molecule has 1 aliphatic carbocycles. The van der Waals surface area contributed by atoms with Crippen molar-refractivity contribution in [3.05, 3.63) is 60.2 Å². The number of nitrogens with zero attached hydrogens (tertiary/aromatic N) is 2. The van der Waals surface area contributed by atoms with E-state index in [1.54, 1.807) is 11.3 Å². The van der Waals surface area contributed by atoms with E-state index in [1.807, 2.05) is 42.5 Å². The monoisotopic (exact) mass is 445 g/mol. The zero-order valence-corrected chi connectivity index (χ0v) is 18.5. The van der Waals surface area contributed by atoms with E-state index in [2.05, 4.69) is 24.4 Å². The lowest BCUT2D eigenvalue weighted by molar-refractivity contribution is -0.140. The third kappa shape index (κ3) is 3.84. The van der Waals surface area contributed by atoms with E-state index in [0.717, 1.165) is 20.8 Å². The fraction of sp³-hybridized carbons (Fsp3) is 0.280. The first-order chi connectivity index (χ1) is 15.5. The van der Waals surface area contributed by atoms with Gasteiger partial charge in [0.1, 0.15) is 5.01 Å². The van der Waals surface area contributed by atoms with Gasteiger partial charge in [0.15, 0.2) is 0 Å².